The zero-order valence-electron chi connectivity index (χ0n) is 26.5. The molecule has 1 aromatic heterocycles. The van der Waals surface area contributed by atoms with Crippen LogP contribution in [0.1, 0.15) is 123 Å². The van der Waals surface area contributed by atoms with Crippen molar-refractivity contribution < 1.29 is 28.4 Å². The Morgan fingerprint density at radius 3 is 1.95 bits per heavy atom. The number of imide groups is 1. The van der Waals surface area contributed by atoms with Crippen molar-refractivity contribution in [2.45, 2.75) is 141 Å². The van der Waals surface area contributed by atoms with Gasteiger partial charge in [-0.2, -0.15) is 0 Å². The lowest BCUT2D eigenvalue weighted by Crippen LogP contribution is -2.44. The zero-order chi connectivity index (χ0) is 30.4. The molecule has 1 saturated heterocycles. The van der Waals surface area contributed by atoms with Gasteiger partial charge in [-0.1, -0.05) is 96.5 Å². The molecule has 8 nitrogen and oxygen atoms in total. The minimum Gasteiger partial charge on any atom is -0.448 e. The largest absolute Gasteiger partial charge is 0.448 e. The Morgan fingerprint density at radius 2 is 1.40 bits per heavy atom. The average Bonchev–Trinajstić information content (AvgIpc) is 2.96. The first-order valence-corrected chi connectivity index (χ1v) is 17.4. The molecule has 1 N–H and O–H groups in total. The summed E-state index contributed by atoms with van der Waals surface area (Å²) in [5.74, 6) is -0.348. The summed E-state index contributed by atoms with van der Waals surface area (Å²) in [6.07, 6.45) is 20.2. The SMILES string of the molecule is CCCCCCCCCCCCCCCCNC(=O)OC[C@@H]1C[C@@H](COC(=O)N(Cc2cccc[n+]2CC)C(C)=O)S1. The number of thioether (sulfide) groups is 1. The normalized spacial score (nSPS) is 16.0. The number of hydrogen-bond acceptors (Lipinski definition) is 6. The number of amides is 3. The number of aryl methyl sites for hydroxylation is 1. The molecule has 1 aromatic rings. The van der Waals surface area contributed by atoms with E-state index in [1.807, 2.05) is 35.9 Å². The third kappa shape index (κ3) is 15.3. The van der Waals surface area contributed by atoms with Gasteiger partial charge in [-0.3, -0.25) is 4.79 Å². The van der Waals surface area contributed by atoms with Crippen molar-refractivity contribution in [3.05, 3.63) is 30.1 Å². The van der Waals surface area contributed by atoms with Gasteiger partial charge < -0.3 is 14.8 Å². The third-order valence-electron chi connectivity index (χ3n) is 7.80. The predicted octanol–water partition coefficient (Wildman–Crippen LogP) is 7.56. The maximum atomic E-state index is 12.6. The maximum absolute atomic E-state index is 12.6. The lowest BCUT2D eigenvalue weighted by Gasteiger charge is -2.34. The van der Waals surface area contributed by atoms with E-state index in [9.17, 15) is 14.4 Å². The van der Waals surface area contributed by atoms with Gasteiger partial charge in [0.1, 0.15) is 26.3 Å². The Balaban J connectivity index is 1.43. The Kier molecular flexibility index (Phi) is 19.0. The Morgan fingerprint density at radius 1 is 0.857 bits per heavy atom. The molecular weight excluding hydrogens is 550 g/mol. The summed E-state index contributed by atoms with van der Waals surface area (Å²) in [5, 5.41) is 3.20. The molecule has 1 fully saturated rings. The minimum absolute atomic E-state index is 0.146. The highest BCUT2D eigenvalue weighted by Gasteiger charge is 2.33. The first-order chi connectivity index (χ1) is 20.4. The molecule has 1 aliphatic heterocycles. The molecule has 9 heteroatoms. The minimum atomic E-state index is -0.628. The number of rotatable bonds is 22. The van der Waals surface area contributed by atoms with Crippen LogP contribution in [0.3, 0.4) is 0 Å². The van der Waals surface area contributed by atoms with Crippen molar-refractivity contribution in [1.82, 2.24) is 10.2 Å². The molecule has 42 heavy (non-hydrogen) atoms. The lowest BCUT2D eigenvalue weighted by molar-refractivity contribution is -0.701. The first-order valence-electron chi connectivity index (χ1n) is 16.4. The number of hydrogen-bond donors (Lipinski definition) is 1. The van der Waals surface area contributed by atoms with Crippen LogP contribution >= 0.6 is 11.8 Å². The summed E-state index contributed by atoms with van der Waals surface area (Å²) < 4.78 is 12.8. The van der Waals surface area contributed by atoms with Crippen molar-refractivity contribution in [2.24, 2.45) is 0 Å². The van der Waals surface area contributed by atoms with Crippen LogP contribution in [0, 0.1) is 0 Å². The molecule has 2 atom stereocenters. The van der Waals surface area contributed by atoms with Crippen LogP contribution in [-0.4, -0.2) is 53.3 Å². The molecule has 2 rings (SSSR count). The molecule has 238 valence electrons. The fraction of sp³-hybridized carbons (Fsp3) is 0.758. The van der Waals surface area contributed by atoms with Gasteiger partial charge in [0.15, 0.2) is 6.20 Å². The summed E-state index contributed by atoms with van der Waals surface area (Å²) in [7, 11) is 0. The molecule has 0 aromatic carbocycles. The van der Waals surface area contributed by atoms with E-state index >= 15 is 0 Å². The molecule has 0 unspecified atom stereocenters. The van der Waals surface area contributed by atoms with Gasteiger partial charge in [-0.15, -0.1) is 11.8 Å². The van der Waals surface area contributed by atoms with Crippen molar-refractivity contribution in [3.63, 3.8) is 0 Å². The third-order valence-corrected chi connectivity index (χ3v) is 9.23. The maximum Gasteiger partial charge on any atom is 0.417 e. The molecule has 0 spiro atoms. The summed E-state index contributed by atoms with van der Waals surface area (Å²) in [4.78, 5) is 37.8. The van der Waals surface area contributed by atoms with Crippen molar-refractivity contribution in [1.29, 1.82) is 0 Å². The quantitative estimate of drug-likeness (QED) is 0.108. The van der Waals surface area contributed by atoms with E-state index < -0.39 is 6.09 Å². The first kappa shape index (κ1) is 35.9. The van der Waals surface area contributed by atoms with Crippen LogP contribution in [0.2, 0.25) is 0 Å². The van der Waals surface area contributed by atoms with Gasteiger partial charge in [0.25, 0.3) is 0 Å². The molecule has 0 saturated carbocycles. The fourth-order valence-electron chi connectivity index (χ4n) is 5.17. The Bertz CT molecular complexity index is 909. The highest BCUT2D eigenvalue weighted by molar-refractivity contribution is 8.01. The van der Waals surface area contributed by atoms with Crippen molar-refractivity contribution in [3.8, 4) is 0 Å². The predicted molar refractivity (Wildman–Crippen MR) is 169 cm³/mol. The van der Waals surface area contributed by atoms with Crippen molar-refractivity contribution >= 4 is 29.9 Å². The van der Waals surface area contributed by atoms with Gasteiger partial charge in [-0.25, -0.2) is 19.1 Å². The molecule has 3 amide bonds. The van der Waals surface area contributed by atoms with Crippen LogP contribution < -0.4 is 9.88 Å². The molecule has 1 aliphatic rings. The van der Waals surface area contributed by atoms with E-state index in [1.165, 1.54) is 84.0 Å². The highest BCUT2D eigenvalue weighted by atomic mass is 32.2. The van der Waals surface area contributed by atoms with Crippen LogP contribution in [0.5, 0.6) is 0 Å². The smallest absolute Gasteiger partial charge is 0.417 e. The lowest BCUT2D eigenvalue weighted by atomic mass is 10.0. The number of nitrogens with one attached hydrogen (secondary N) is 1. The van der Waals surface area contributed by atoms with Gasteiger partial charge in [0, 0.05) is 36.1 Å². The van der Waals surface area contributed by atoms with Crippen LogP contribution in [-0.2, 0) is 27.4 Å². The molecule has 0 bridgehead atoms. The second-order valence-corrected chi connectivity index (χ2v) is 13.0. The van der Waals surface area contributed by atoms with E-state index in [0.29, 0.717) is 13.2 Å². The van der Waals surface area contributed by atoms with E-state index in [2.05, 4.69) is 12.2 Å². The molecule has 0 aliphatic carbocycles. The fourth-order valence-corrected chi connectivity index (χ4v) is 6.34. The van der Waals surface area contributed by atoms with Crippen LogP contribution in [0.4, 0.5) is 9.59 Å². The second kappa shape index (κ2) is 22.3. The summed E-state index contributed by atoms with van der Waals surface area (Å²) in [5.41, 5.74) is 0.866. The Labute approximate surface area is 258 Å². The topological polar surface area (TPSA) is 88.8 Å². The summed E-state index contributed by atoms with van der Waals surface area (Å²) >= 11 is 1.65. The summed E-state index contributed by atoms with van der Waals surface area (Å²) in [6, 6.07) is 5.70. The van der Waals surface area contributed by atoms with Crippen LogP contribution in [0.25, 0.3) is 0 Å². The number of ether oxygens (including phenoxy) is 2. The number of alkyl carbamates (subject to hydrolysis) is 1. The molecular formula is C33H56N3O5S+. The average molecular weight is 607 g/mol. The number of unbranched alkanes of at least 4 members (excludes halogenated alkanes) is 13. The molecule has 0 radical (unpaired) electrons. The van der Waals surface area contributed by atoms with E-state index in [4.69, 9.17) is 9.47 Å². The standard InChI is InChI=1S/C33H55N3O5S/c1-4-6-7-8-9-10-11-12-13-14-15-16-17-19-22-34-32(38)40-26-30-24-31(42-30)27-41-33(39)36(28(3)37)25-29-21-18-20-23-35(29)5-2/h18,20-21,23,30-31H,4-17,19,22,24-27H2,1-3H3/p+1/t30-,31-/m0/s1. The Hall–Kier alpha value is -2.29. The van der Waals surface area contributed by atoms with E-state index in [0.717, 1.165) is 36.4 Å². The number of pyridine rings is 1. The van der Waals surface area contributed by atoms with E-state index in [1.54, 1.807) is 11.8 Å². The number of carbonyl (C=O) groups excluding carboxylic acids is 3. The number of carbonyl (C=O) groups is 3. The second-order valence-electron chi connectivity index (χ2n) is 11.4. The zero-order valence-corrected chi connectivity index (χ0v) is 27.3. The van der Waals surface area contributed by atoms with Gasteiger partial charge >= 0.3 is 12.2 Å². The molecule has 2 heterocycles. The van der Waals surface area contributed by atoms with Gasteiger partial charge in [-0.05, 0) is 19.8 Å². The van der Waals surface area contributed by atoms with Gasteiger partial charge in [0.2, 0.25) is 11.6 Å². The monoisotopic (exact) mass is 606 g/mol. The highest BCUT2D eigenvalue weighted by Crippen LogP contribution is 2.36. The van der Waals surface area contributed by atoms with E-state index in [-0.39, 0.29) is 35.7 Å². The van der Waals surface area contributed by atoms with Crippen molar-refractivity contribution in [2.75, 3.05) is 19.8 Å². The number of aromatic nitrogens is 1. The number of nitrogens with zero attached hydrogens (tertiary/aromatic N) is 2. The summed E-state index contributed by atoms with van der Waals surface area (Å²) in [6.45, 7) is 7.81. The van der Waals surface area contributed by atoms with Gasteiger partial charge in [0.05, 0.1) is 0 Å². The van der Waals surface area contributed by atoms with Crippen LogP contribution in [0.15, 0.2) is 24.4 Å².